The van der Waals surface area contributed by atoms with E-state index < -0.39 is 6.36 Å². The molecule has 1 heterocycles. The Morgan fingerprint density at radius 1 is 1.18 bits per heavy atom. The van der Waals surface area contributed by atoms with Crippen LogP contribution in [0.5, 0.6) is 5.75 Å². The van der Waals surface area contributed by atoms with Gasteiger partial charge >= 0.3 is 6.36 Å². The Labute approximate surface area is 165 Å². The summed E-state index contributed by atoms with van der Waals surface area (Å²) in [7, 11) is 0. The average Bonchev–Trinajstić information content (AvgIpc) is 2.66. The summed E-state index contributed by atoms with van der Waals surface area (Å²) in [4.78, 5) is 14.3. The van der Waals surface area contributed by atoms with E-state index in [1.165, 1.54) is 18.2 Å². The Balaban J connectivity index is 1.56. The van der Waals surface area contributed by atoms with E-state index in [-0.39, 0.29) is 24.4 Å². The number of ether oxygens (including phenoxy) is 2. The molecule has 28 heavy (non-hydrogen) atoms. The van der Waals surface area contributed by atoms with E-state index in [4.69, 9.17) is 16.3 Å². The summed E-state index contributed by atoms with van der Waals surface area (Å²) >= 11 is 5.86. The van der Waals surface area contributed by atoms with Crippen LogP contribution in [-0.4, -0.2) is 36.4 Å². The summed E-state index contributed by atoms with van der Waals surface area (Å²) < 4.78 is 46.8. The van der Waals surface area contributed by atoms with Gasteiger partial charge in [-0.3, -0.25) is 4.79 Å². The van der Waals surface area contributed by atoms with Gasteiger partial charge in [0.05, 0.1) is 12.7 Å². The van der Waals surface area contributed by atoms with E-state index in [9.17, 15) is 18.0 Å². The molecule has 1 fully saturated rings. The van der Waals surface area contributed by atoms with Crippen LogP contribution in [0.3, 0.4) is 0 Å². The molecule has 8 heteroatoms. The van der Waals surface area contributed by atoms with Crippen molar-refractivity contribution >= 4 is 17.5 Å². The predicted octanol–water partition coefficient (Wildman–Crippen LogP) is 5.06. The quantitative estimate of drug-likeness (QED) is 0.687. The smallest absolute Gasteiger partial charge is 0.406 e. The van der Waals surface area contributed by atoms with E-state index >= 15 is 0 Å². The molecule has 0 N–H and O–H groups in total. The predicted molar refractivity (Wildman–Crippen MR) is 98.3 cm³/mol. The first-order chi connectivity index (χ1) is 13.3. The SMILES string of the molecule is O=C(c1ccc(Cl)cc1)N1CCC[C@@H](OCc2cccc(OC(F)(F)F)c2)C1. The number of alkyl halides is 3. The number of halogens is 4. The van der Waals surface area contributed by atoms with Crippen LogP contribution in [0.4, 0.5) is 13.2 Å². The standard InChI is InChI=1S/C20H19ClF3NO3/c21-16-8-6-15(7-9-16)19(26)25-10-2-5-18(12-25)27-13-14-3-1-4-17(11-14)28-20(22,23)24/h1,3-4,6-9,11,18H,2,5,10,12-13H2/t18-/m1/s1. The molecule has 1 amide bonds. The van der Waals surface area contributed by atoms with Crippen LogP contribution < -0.4 is 4.74 Å². The van der Waals surface area contributed by atoms with Crippen molar-refractivity contribution in [3.05, 3.63) is 64.7 Å². The zero-order valence-corrected chi connectivity index (χ0v) is 15.7. The Kier molecular flexibility index (Phi) is 6.46. The minimum Gasteiger partial charge on any atom is -0.406 e. The molecule has 0 radical (unpaired) electrons. The minimum absolute atomic E-state index is 0.0921. The zero-order valence-electron chi connectivity index (χ0n) is 14.9. The Morgan fingerprint density at radius 2 is 1.93 bits per heavy atom. The number of piperidine rings is 1. The summed E-state index contributed by atoms with van der Waals surface area (Å²) in [5, 5.41) is 0.563. The first-order valence-corrected chi connectivity index (χ1v) is 9.19. The van der Waals surface area contributed by atoms with Gasteiger partial charge in [0.15, 0.2) is 0 Å². The fourth-order valence-electron chi connectivity index (χ4n) is 3.08. The van der Waals surface area contributed by atoms with Crippen molar-refractivity contribution in [2.45, 2.75) is 31.9 Å². The summed E-state index contributed by atoms with van der Waals surface area (Å²) in [5.41, 5.74) is 1.13. The number of carbonyl (C=O) groups is 1. The molecule has 0 spiro atoms. The maximum atomic E-state index is 12.6. The lowest BCUT2D eigenvalue weighted by atomic mass is 10.1. The largest absolute Gasteiger partial charge is 0.573 e. The van der Waals surface area contributed by atoms with Crippen molar-refractivity contribution in [3.8, 4) is 5.75 Å². The van der Waals surface area contributed by atoms with Gasteiger partial charge in [-0.15, -0.1) is 13.2 Å². The fraction of sp³-hybridized carbons (Fsp3) is 0.350. The highest BCUT2D eigenvalue weighted by Gasteiger charge is 2.31. The normalized spacial score (nSPS) is 17.4. The Hall–Kier alpha value is -2.25. The molecule has 1 saturated heterocycles. The maximum Gasteiger partial charge on any atom is 0.573 e. The van der Waals surface area contributed by atoms with Crippen molar-refractivity contribution in [2.75, 3.05) is 13.1 Å². The van der Waals surface area contributed by atoms with Crippen LogP contribution in [0.1, 0.15) is 28.8 Å². The second kappa shape index (κ2) is 8.84. The molecule has 0 unspecified atom stereocenters. The number of carbonyl (C=O) groups excluding carboxylic acids is 1. The number of likely N-dealkylation sites (tertiary alicyclic amines) is 1. The molecule has 150 valence electrons. The van der Waals surface area contributed by atoms with Gasteiger partial charge in [0.2, 0.25) is 0 Å². The van der Waals surface area contributed by atoms with Gasteiger partial charge in [0.25, 0.3) is 5.91 Å². The van der Waals surface area contributed by atoms with Gasteiger partial charge in [-0.2, -0.15) is 0 Å². The van der Waals surface area contributed by atoms with Gasteiger partial charge in [-0.1, -0.05) is 23.7 Å². The van der Waals surface area contributed by atoms with E-state index in [0.29, 0.717) is 29.2 Å². The van der Waals surface area contributed by atoms with Crippen LogP contribution >= 0.6 is 11.6 Å². The first kappa shape index (κ1) is 20.5. The third kappa shape index (κ3) is 5.87. The van der Waals surface area contributed by atoms with Gasteiger partial charge in [0.1, 0.15) is 5.75 Å². The summed E-state index contributed by atoms with van der Waals surface area (Å²) in [6.07, 6.45) is -3.34. The number of benzene rings is 2. The van der Waals surface area contributed by atoms with Crippen molar-refractivity contribution in [2.24, 2.45) is 0 Å². The lowest BCUT2D eigenvalue weighted by Crippen LogP contribution is -2.43. The third-order valence-electron chi connectivity index (χ3n) is 4.37. The Bertz CT molecular complexity index is 811. The molecule has 2 aromatic rings. The van der Waals surface area contributed by atoms with Crippen molar-refractivity contribution < 1.29 is 27.4 Å². The number of hydrogen-bond acceptors (Lipinski definition) is 3. The second-order valence-corrected chi connectivity index (χ2v) is 6.96. The first-order valence-electron chi connectivity index (χ1n) is 8.81. The summed E-state index contributed by atoms with van der Waals surface area (Å²) in [6, 6.07) is 12.4. The van der Waals surface area contributed by atoms with Crippen LogP contribution in [0, 0.1) is 0 Å². The molecular weight excluding hydrogens is 395 g/mol. The van der Waals surface area contributed by atoms with Gasteiger partial charge in [-0.05, 0) is 54.8 Å². The molecule has 0 saturated carbocycles. The molecule has 1 aliphatic rings. The fourth-order valence-corrected chi connectivity index (χ4v) is 3.21. The molecule has 0 aliphatic carbocycles. The van der Waals surface area contributed by atoms with E-state index in [1.807, 2.05) is 0 Å². The Morgan fingerprint density at radius 3 is 2.64 bits per heavy atom. The summed E-state index contributed by atoms with van der Waals surface area (Å²) in [6.45, 7) is 1.21. The third-order valence-corrected chi connectivity index (χ3v) is 4.63. The number of rotatable bonds is 5. The molecule has 2 aromatic carbocycles. The average molecular weight is 414 g/mol. The maximum absolute atomic E-state index is 12.6. The monoisotopic (exact) mass is 413 g/mol. The van der Waals surface area contributed by atoms with E-state index in [2.05, 4.69) is 4.74 Å². The van der Waals surface area contributed by atoms with Gasteiger partial charge < -0.3 is 14.4 Å². The van der Waals surface area contributed by atoms with Crippen LogP contribution in [-0.2, 0) is 11.3 Å². The van der Waals surface area contributed by atoms with Crippen molar-refractivity contribution in [3.63, 3.8) is 0 Å². The van der Waals surface area contributed by atoms with Crippen molar-refractivity contribution in [1.29, 1.82) is 0 Å². The highest BCUT2D eigenvalue weighted by atomic mass is 35.5. The summed E-state index contributed by atoms with van der Waals surface area (Å²) in [5.74, 6) is -0.373. The highest BCUT2D eigenvalue weighted by molar-refractivity contribution is 6.30. The second-order valence-electron chi connectivity index (χ2n) is 6.53. The van der Waals surface area contributed by atoms with Crippen molar-refractivity contribution in [1.82, 2.24) is 4.90 Å². The zero-order chi connectivity index (χ0) is 20.1. The van der Waals surface area contributed by atoms with Crippen LogP contribution in [0.25, 0.3) is 0 Å². The number of nitrogens with zero attached hydrogens (tertiary/aromatic N) is 1. The molecular formula is C20H19ClF3NO3. The lowest BCUT2D eigenvalue weighted by Gasteiger charge is -2.32. The molecule has 0 bridgehead atoms. The topological polar surface area (TPSA) is 38.8 Å². The van der Waals surface area contributed by atoms with E-state index in [0.717, 1.165) is 12.8 Å². The van der Waals surface area contributed by atoms with Gasteiger partial charge in [-0.25, -0.2) is 0 Å². The van der Waals surface area contributed by atoms with Gasteiger partial charge in [0, 0.05) is 23.7 Å². The highest BCUT2D eigenvalue weighted by Crippen LogP contribution is 2.24. The van der Waals surface area contributed by atoms with Crippen LogP contribution in [0.2, 0.25) is 5.02 Å². The molecule has 1 aliphatic heterocycles. The van der Waals surface area contributed by atoms with E-state index in [1.54, 1.807) is 35.2 Å². The minimum atomic E-state index is -4.73. The molecule has 1 atom stereocenters. The molecule has 3 rings (SSSR count). The molecule has 0 aromatic heterocycles. The number of hydrogen-bond donors (Lipinski definition) is 0. The van der Waals surface area contributed by atoms with Crippen LogP contribution in [0.15, 0.2) is 48.5 Å². The number of amides is 1. The lowest BCUT2D eigenvalue weighted by molar-refractivity contribution is -0.274. The molecule has 4 nitrogen and oxygen atoms in total.